The number of halogens is 3. The first-order valence-corrected chi connectivity index (χ1v) is 11.4. The van der Waals surface area contributed by atoms with Gasteiger partial charge in [0.05, 0.1) is 17.5 Å². The molecule has 1 saturated heterocycles. The summed E-state index contributed by atoms with van der Waals surface area (Å²) in [5.41, 5.74) is -3.29. The van der Waals surface area contributed by atoms with Crippen molar-refractivity contribution >= 4 is 23.2 Å². The van der Waals surface area contributed by atoms with Crippen molar-refractivity contribution in [1.29, 1.82) is 0 Å². The van der Waals surface area contributed by atoms with E-state index in [1.54, 1.807) is 40.9 Å². The zero-order valence-corrected chi connectivity index (χ0v) is 18.8. The van der Waals surface area contributed by atoms with Gasteiger partial charge >= 0.3 is 5.51 Å². The van der Waals surface area contributed by atoms with Crippen molar-refractivity contribution in [3.8, 4) is 5.95 Å². The number of hydrogen-bond donors (Lipinski definition) is 1. The van der Waals surface area contributed by atoms with Gasteiger partial charge < -0.3 is 9.47 Å². The van der Waals surface area contributed by atoms with Crippen LogP contribution in [0.3, 0.4) is 0 Å². The number of carbonyl (C=O) groups is 1. The van der Waals surface area contributed by atoms with Crippen LogP contribution >= 0.6 is 11.8 Å². The van der Waals surface area contributed by atoms with E-state index in [9.17, 15) is 22.8 Å². The van der Waals surface area contributed by atoms with Gasteiger partial charge in [-0.05, 0) is 49.7 Å². The summed E-state index contributed by atoms with van der Waals surface area (Å²) in [5, 5.41) is 8.60. The lowest BCUT2D eigenvalue weighted by Gasteiger charge is -2.32. The van der Waals surface area contributed by atoms with Gasteiger partial charge in [0.25, 0.3) is 11.5 Å². The molecule has 0 spiro atoms. The number of hydrogen-bond acceptors (Lipinski definition) is 5. The topological polar surface area (TPSA) is 93.2 Å². The maximum atomic E-state index is 13.1. The van der Waals surface area contributed by atoms with Gasteiger partial charge in [-0.1, -0.05) is 0 Å². The lowest BCUT2D eigenvalue weighted by molar-refractivity contribution is -0.0328. The fraction of sp³-hybridized carbons (Fsp3) is 0.333. The maximum absolute atomic E-state index is 13.1. The third kappa shape index (κ3) is 4.22. The van der Waals surface area contributed by atoms with Gasteiger partial charge in [0, 0.05) is 42.6 Å². The molecular weight excluding hydrogens is 471 g/mol. The van der Waals surface area contributed by atoms with Crippen LogP contribution in [0.25, 0.3) is 11.5 Å². The van der Waals surface area contributed by atoms with Gasteiger partial charge in [0.1, 0.15) is 5.52 Å². The molecule has 4 aromatic rings. The van der Waals surface area contributed by atoms with Crippen LogP contribution in [-0.2, 0) is 0 Å². The minimum atomic E-state index is -4.32. The van der Waals surface area contributed by atoms with Gasteiger partial charge in [-0.3, -0.25) is 14.6 Å². The highest BCUT2D eigenvalue weighted by Gasteiger charge is 2.31. The Bertz CT molecular complexity index is 1410. The normalized spacial score (nSPS) is 15.4. The Balaban J connectivity index is 1.28. The molecule has 178 valence electrons. The van der Waals surface area contributed by atoms with Crippen molar-refractivity contribution in [2.75, 3.05) is 13.1 Å². The Kier molecular flexibility index (Phi) is 5.50. The summed E-state index contributed by atoms with van der Waals surface area (Å²) in [6, 6.07) is 4.84. The maximum Gasteiger partial charge on any atom is 0.446 e. The third-order valence-electron chi connectivity index (χ3n) is 5.92. The average molecular weight is 491 g/mol. The summed E-state index contributed by atoms with van der Waals surface area (Å²) in [6.07, 6.45) is 7.52. The van der Waals surface area contributed by atoms with Gasteiger partial charge in [-0.2, -0.15) is 18.3 Å². The lowest BCUT2D eigenvalue weighted by atomic mass is 10.0. The zero-order valence-electron chi connectivity index (χ0n) is 18.0. The van der Waals surface area contributed by atoms with Gasteiger partial charge in [0.15, 0.2) is 0 Å². The monoisotopic (exact) mass is 491 g/mol. The van der Waals surface area contributed by atoms with Gasteiger partial charge in [-0.15, -0.1) is 5.10 Å². The third-order valence-corrected chi connectivity index (χ3v) is 6.63. The molecule has 0 aromatic carbocycles. The molecular formula is C21H20F3N7O2S. The smallest absolute Gasteiger partial charge is 0.350 e. The number of H-pyrrole nitrogens is 1. The Hall–Kier alpha value is -3.48. The highest BCUT2D eigenvalue weighted by molar-refractivity contribution is 8.00. The van der Waals surface area contributed by atoms with Crippen LogP contribution in [0.4, 0.5) is 13.2 Å². The first kappa shape index (κ1) is 22.3. The largest absolute Gasteiger partial charge is 0.446 e. The van der Waals surface area contributed by atoms with Crippen molar-refractivity contribution in [1.82, 2.24) is 33.8 Å². The number of aromatic amines is 1. The van der Waals surface area contributed by atoms with E-state index >= 15 is 0 Å². The fourth-order valence-electron chi connectivity index (χ4n) is 4.21. The second kappa shape index (κ2) is 8.38. The molecule has 1 aliphatic heterocycles. The van der Waals surface area contributed by atoms with Gasteiger partial charge in [-0.25, -0.2) is 9.20 Å². The number of fused-ring (bicyclic) bond motifs is 1. The molecule has 9 nitrogen and oxygen atoms in total. The molecule has 5 rings (SSSR count). The van der Waals surface area contributed by atoms with Crippen molar-refractivity contribution in [2.45, 2.75) is 36.2 Å². The van der Waals surface area contributed by atoms with Crippen LogP contribution in [0, 0.1) is 6.92 Å². The van der Waals surface area contributed by atoms with Crippen molar-refractivity contribution < 1.29 is 18.0 Å². The first-order valence-electron chi connectivity index (χ1n) is 10.5. The number of thioether (sulfide) groups is 1. The van der Waals surface area contributed by atoms with Crippen LogP contribution in [-0.4, -0.2) is 58.4 Å². The highest BCUT2D eigenvalue weighted by atomic mass is 32.2. The molecule has 0 bridgehead atoms. The number of alkyl halides is 3. The molecule has 1 fully saturated rings. The quantitative estimate of drug-likeness (QED) is 0.442. The standard InChI is InChI=1S/C21H20F3N7O2S/c1-13-16(11-25-31(13)20-26-18(32)17-3-2-7-30(17)27-20)19(33)28-8-4-14(5-9-28)29-10-6-15(12-29)34-21(22,23)24/h2-3,6-7,10-12,14H,4-5,8-9H2,1H3,(H,26,27,32). The molecule has 13 heteroatoms. The number of rotatable bonds is 4. The van der Waals surface area contributed by atoms with Crippen LogP contribution in [0.1, 0.15) is 34.9 Å². The fourth-order valence-corrected chi connectivity index (χ4v) is 4.78. The molecule has 34 heavy (non-hydrogen) atoms. The van der Waals surface area contributed by atoms with E-state index in [2.05, 4.69) is 15.2 Å². The van der Waals surface area contributed by atoms with E-state index in [0.29, 0.717) is 42.7 Å². The summed E-state index contributed by atoms with van der Waals surface area (Å²) in [4.78, 5) is 29.9. The Morgan fingerprint density at radius 1 is 1.21 bits per heavy atom. The highest BCUT2D eigenvalue weighted by Crippen LogP contribution is 2.38. The zero-order chi connectivity index (χ0) is 24.0. The predicted octanol–water partition coefficient (Wildman–Crippen LogP) is 3.41. The minimum Gasteiger partial charge on any atom is -0.350 e. The van der Waals surface area contributed by atoms with Crippen molar-refractivity contribution in [3.63, 3.8) is 0 Å². The number of nitrogens with zero attached hydrogens (tertiary/aromatic N) is 6. The number of aromatic nitrogens is 6. The van der Waals surface area contributed by atoms with Crippen LogP contribution < -0.4 is 5.56 Å². The van der Waals surface area contributed by atoms with E-state index in [1.807, 2.05) is 0 Å². The molecule has 5 heterocycles. The van der Waals surface area contributed by atoms with Crippen LogP contribution in [0.5, 0.6) is 0 Å². The van der Waals surface area contributed by atoms with Crippen molar-refractivity contribution in [3.05, 3.63) is 64.6 Å². The van der Waals surface area contributed by atoms with E-state index < -0.39 is 5.51 Å². The number of likely N-dealkylation sites (tertiary alicyclic amines) is 1. The Morgan fingerprint density at radius 3 is 2.71 bits per heavy atom. The molecule has 0 atom stereocenters. The molecule has 0 aliphatic carbocycles. The molecule has 1 amide bonds. The van der Waals surface area contributed by atoms with E-state index in [4.69, 9.17) is 0 Å². The number of piperidine rings is 1. The van der Waals surface area contributed by atoms with Crippen LogP contribution in [0.2, 0.25) is 0 Å². The van der Waals surface area contributed by atoms with Crippen molar-refractivity contribution in [2.24, 2.45) is 0 Å². The van der Waals surface area contributed by atoms with E-state index in [1.165, 1.54) is 27.7 Å². The summed E-state index contributed by atoms with van der Waals surface area (Å²) in [6.45, 7) is 2.67. The molecule has 0 saturated carbocycles. The summed E-state index contributed by atoms with van der Waals surface area (Å²) >= 11 is -0.131. The molecule has 0 radical (unpaired) electrons. The molecule has 1 aliphatic rings. The van der Waals surface area contributed by atoms with Crippen LogP contribution in [0.15, 0.2) is 52.7 Å². The number of nitrogens with one attached hydrogen (secondary N) is 1. The van der Waals surface area contributed by atoms with Gasteiger partial charge in [0.2, 0.25) is 5.95 Å². The SMILES string of the molecule is Cc1c(C(=O)N2CCC(n3ccc(SC(F)(F)F)c3)CC2)cnn1-c1nn2cccc2c(=O)[nH]1. The van der Waals surface area contributed by atoms with E-state index in [0.717, 1.165) is 0 Å². The first-order chi connectivity index (χ1) is 16.2. The number of amides is 1. The summed E-state index contributed by atoms with van der Waals surface area (Å²) in [5.74, 6) is 0.0107. The molecule has 1 N–H and O–H groups in total. The number of carbonyl (C=O) groups excluding carboxylic acids is 1. The second-order valence-electron chi connectivity index (χ2n) is 8.04. The lowest BCUT2D eigenvalue weighted by Crippen LogP contribution is -2.39. The molecule has 0 unspecified atom stereocenters. The van der Waals surface area contributed by atoms with E-state index in [-0.39, 0.29) is 40.1 Å². The Labute approximate surface area is 195 Å². The summed E-state index contributed by atoms with van der Waals surface area (Å²) in [7, 11) is 0. The Morgan fingerprint density at radius 2 is 1.97 bits per heavy atom. The average Bonchev–Trinajstić information content (AvgIpc) is 3.52. The second-order valence-corrected chi connectivity index (χ2v) is 9.18. The summed E-state index contributed by atoms with van der Waals surface area (Å²) < 4.78 is 42.4. The minimum absolute atomic E-state index is 0.0260. The molecule has 4 aromatic heterocycles. The predicted molar refractivity (Wildman–Crippen MR) is 118 cm³/mol.